The molecule has 0 fully saturated rings. The Morgan fingerprint density at radius 2 is 1.85 bits per heavy atom. The van der Waals surface area contributed by atoms with Crippen molar-refractivity contribution < 1.29 is 0 Å². The summed E-state index contributed by atoms with van der Waals surface area (Å²) >= 11 is 0. The van der Waals surface area contributed by atoms with Gasteiger partial charge in [-0.3, -0.25) is 0 Å². The molecule has 1 atom stereocenters. The number of unbranched alkanes of at least 4 members (excludes halogenated alkanes) is 2. The summed E-state index contributed by atoms with van der Waals surface area (Å²) < 4.78 is 0. The topological polar surface area (TPSA) is 101 Å². The van der Waals surface area contributed by atoms with E-state index < -0.39 is 5.41 Å². The van der Waals surface area contributed by atoms with Crippen LogP contribution >= 0.6 is 0 Å². The third-order valence-electron chi connectivity index (χ3n) is 3.84. The fourth-order valence-electron chi connectivity index (χ4n) is 2.94. The third kappa shape index (κ3) is 2.30. The van der Waals surface area contributed by atoms with E-state index in [-0.39, 0.29) is 17.5 Å². The molecule has 5 heteroatoms. The van der Waals surface area contributed by atoms with E-state index in [2.05, 4.69) is 6.92 Å². The molecule has 2 N–H and O–H groups in total. The molecule has 1 unspecified atom stereocenters. The van der Waals surface area contributed by atoms with E-state index in [1.807, 2.05) is 37.0 Å². The van der Waals surface area contributed by atoms with E-state index in [4.69, 9.17) is 5.73 Å². The van der Waals surface area contributed by atoms with Gasteiger partial charge in [-0.25, -0.2) is 0 Å². The summed E-state index contributed by atoms with van der Waals surface area (Å²) in [4.78, 5) is 1.88. The van der Waals surface area contributed by atoms with Gasteiger partial charge in [-0.05, 0) is 12.3 Å². The van der Waals surface area contributed by atoms with Gasteiger partial charge in [0.2, 0.25) is 5.41 Å². The maximum Gasteiger partial charge on any atom is 0.202 e. The van der Waals surface area contributed by atoms with Gasteiger partial charge in [0.15, 0.2) is 0 Å². The van der Waals surface area contributed by atoms with Gasteiger partial charge in [-0.1, -0.05) is 33.6 Å². The first-order valence-corrected chi connectivity index (χ1v) is 6.99. The zero-order valence-electron chi connectivity index (χ0n) is 12.3. The molecule has 1 aliphatic rings. The second-order valence-corrected chi connectivity index (χ2v) is 5.49. The van der Waals surface area contributed by atoms with Crippen molar-refractivity contribution in [1.29, 1.82) is 15.8 Å². The molecule has 0 amide bonds. The molecular weight excluding hydrogens is 250 g/mol. The average molecular weight is 271 g/mol. The molecule has 5 nitrogen and oxygen atoms in total. The van der Waals surface area contributed by atoms with Crippen molar-refractivity contribution in [2.75, 3.05) is 6.54 Å². The summed E-state index contributed by atoms with van der Waals surface area (Å²) in [6, 6.07) is 5.72. The van der Waals surface area contributed by atoms with Crippen LogP contribution in [0.1, 0.15) is 40.0 Å². The SMILES string of the molecule is CCCCCN1C(N)=C(C#N)C(C#N)(C#N)C1C(C)C. The van der Waals surface area contributed by atoms with Crippen molar-refractivity contribution >= 4 is 0 Å². The lowest BCUT2D eigenvalue weighted by atomic mass is 9.74. The highest BCUT2D eigenvalue weighted by atomic mass is 15.3. The minimum Gasteiger partial charge on any atom is -0.384 e. The van der Waals surface area contributed by atoms with Crippen molar-refractivity contribution in [3.05, 3.63) is 11.4 Å². The Kier molecular flexibility index (Phi) is 5.00. The summed E-state index contributed by atoms with van der Waals surface area (Å²) in [5, 5.41) is 28.3. The van der Waals surface area contributed by atoms with E-state index in [1.165, 1.54) is 0 Å². The quantitative estimate of drug-likeness (QED) is 0.773. The fraction of sp³-hybridized carbons (Fsp3) is 0.667. The Bertz CT molecular complexity index is 498. The molecule has 0 saturated carbocycles. The summed E-state index contributed by atoms with van der Waals surface area (Å²) in [6.45, 7) is 6.69. The molecule has 20 heavy (non-hydrogen) atoms. The fourth-order valence-corrected chi connectivity index (χ4v) is 2.94. The molecule has 1 aliphatic heterocycles. The monoisotopic (exact) mass is 271 g/mol. The first-order valence-electron chi connectivity index (χ1n) is 6.99. The maximum atomic E-state index is 9.50. The van der Waals surface area contributed by atoms with Gasteiger partial charge in [0, 0.05) is 6.54 Å². The molecule has 0 aromatic rings. The lowest BCUT2D eigenvalue weighted by molar-refractivity contribution is 0.173. The molecule has 0 aromatic heterocycles. The molecule has 0 radical (unpaired) electrons. The van der Waals surface area contributed by atoms with Crippen molar-refractivity contribution in [3.63, 3.8) is 0 Å². The Hall–Kier alpha value is -2.19. The average Bonchev–Trinajstić information content (AvgIpc) is 2.68. The molecule has 0 saturated heterocycles. The molecule has 0 aliphatic carbocycles. The van der Waals surface area contributed by atoms with E-state index in [9.17, 15) is 15.8 Å². The molecule has 106 valence electrons. The predicted molar refractivity (Wildman–Crippen MR) is 75.3 cm³/mol. The molecule has 0 aromatic carbocycles. The highest BCUT2D eigenvalue weighted by Crippen LogP contribution is 2.45. The lowest BCUT2D eigenvalue weighted by Crippen LogP contribution is -2.45. The van der Waals surface area contributed by atoms with Gasteiger partial charge in [0.25, 0.3) is 0 Å². The van der Waals surface area contributed by atoms with Crippen LogP contribution in [-0.2, 0) is 0 Å². The first-order chi connectivity index (χ1) is 9.49. The van der Waals surface area contributed by atoms with Gasteiger partial charge in [0.05, 0.1) is 18.2 Å². The van der Waals surface area contributed by atoms with E-state index in [0.29, 0.717) is 12.4 Å². The number of rotatable bonds is 5. The number of hydrogen-bond donors (Lipinski definition) is 1. The summed E-state index contributed by atoms with van der Waals surface area (Å²) in [7, 11) is 0. The molecular formula is C15H21N5. The predicted octanol–water partition coefficient (Wildman–Crippen LogP) is 2.24. The van der Waals surface area contributed by atoms with Crippen molar-refractivity contribution in [1.82, 2.24) is 4.90 Å². The molecule has 1 heterocycles. The normalized spacial score (nSPS) is 20.6. The number of nitriles is 3. The molecule has 0 bridgehead atoms. The minimum absolute atomic E-state index is 0.0559. The van der Waals surface area contributed by atoms with Crippen LogP contribution in [0.3, 0.4) is 0 Å². The van der Waals surface area contributed by atoms with Crippen molar-refractivity contribution in [2.24, 2.45) is 17.1 Å². The smallest absolute Gasteiger partial charge is 0.202 e. The van der Waals surface area contributed by atoms with Crippen LogP contribution in [0.2, 0.25) is 0 Å². The van der Waals surface area contributed by atoms with Crippen LogP contribution in [0.4, 0.5) is 0 Å². The van der Waals surface area contributed by atoms with Crippen molar-refractivity contribution in [2.45, 2.75) is 46.1 Å². The van der Waals surface area contributed by atoms with Crippen LogP contribution in [-0.4, -0.2) is 17.5 Å². The van der Waals surface area contributed by atoms with Gasteiger partial charge in [-0.2, -0.15) is 15.8 Å². The van der Waals surface area contributed by atoms with Gasteiger partial charge >= 0.3 is 0 Å². The minimum atomic E-state index is -1.45. The Morgan fingerprint density at radius 1 is 1.25 bits per heavy atom. The summed E-state index contributed by atoms with van der Waals surface area (Å²) in [5.74, 6) is 0.353. The third-order valence-corrected chi connectivity index (χ3v) is 3.84. The van der Waals surface area contributed by atoms with Crippen molar-refractivity contribution in [3.8, 4) is 18.2 Å². The first kappa shape index (κ1) is 15.9. The summed E-state index contributed by atoms with van der Waals surface area (Å²) in [6.07, 6.45) is 3.07. The van der Waals surface area contributed by atoms with Crippen LogP contribution in [0.5, 0.6) is 0 Å². The second-order valence-electron chi connectivity index (χ2n) is 5.49. The van der Waals surface area contributed by atoms with E-state index in [0.717, 1.165) is 19.3 Å². The Labute approximate surface area is 120 Å². The largest absolute Gasteiger partial charge is 0.384 e. The zero-order valence-corrected chi connectivity index (χ0v) is 12.3. The Morgan fingerprint density at radius 3 is 2.25 bits per heavy atom. The maximum absolute atomic E-state index is 9.50. The number of nitrogens with zero attached hydrogens (tertiary/aromatic N) is 4. The van der Waals surface area contributed by atoms with Crippen LogP contribution in [0, 0.1) is 45.3 Å². The number of hydrogen-bond acceptors (Lipinski definition) is 5. The Balaban J connectivity index is 3.26. The standard InChI is InChI=1S/C15H21N5/c1-4-5-6-7-20-13(11(2)3)15(9-17,10-18)12(8-16)14(20)19/h11,13H,4-7,19H2,1-3H3. The van der Waals surface area contributed by atoms with E-state index in [1.54, 1.807) is 0 Å². The van der Waals surface area contributed by atoms with Crippen LogP contribution in [0.15, 0.2) is 11.4 Å². The molecule has 0 spiro atoms. The van der Waals surface area contributed by atoms with Gasteiger partial charge in [0.1, 0.15) is 17.5 Å². The van der Waals surface area contributed by atoms with Crippen LogP contribution in [0.25, 0.3) is 0 Å². The van der Waals surface area contributed by atoms with Crippen LogP contribution < -0.4 is 5.73 Å². The zero-order chi connectivity index (χ0) is 15.3. The highest BCUT2D eigenvalue weighted by molar-refractivity contribution is 5.50. The lowest BCUT2D eigenvalue weighted by Gasteiger charge is -2.34. The van der Waals surface area contributed by atoms with Gasteiger partial charge in [-0.15, -0.1) is 0 Å². The van der Waals surface area contributed by atoms with E-state index >= 15 is 0 Å². The van der Waals surface area contributed by atoms with Gasteiger partial charge < -0.3 is 10.6 Å². The number of nitrogens with two attached hydrogens (primary N) is 1. The molecule has 1 rings (SSSR count). The second kappa shape index (κ2) is 6.31. The highest BCUT2D eigenvalue weighted by Gasteiger charge is 2.55. The summed E-state index contributed by atoms with van der Waals surface area (Å²) in [5.41, 5.74) is 4.72.